The lowest BCUT2D eigenvalue weighted by molar-refractivity contribution is 0.211. The van der Waals surface area contributed by atoms with Crippen molar-refractivity contribution in [2.75, 3.05) is 6.61 Å². The highest BCUT2D eigenvalue weighted by Crippen LogP contribution is 2.28. The van der Waals surface area contributed by atoms with Crippen molar-refractivity contribution in [3.63, 3.8) is 0 Å². The van der Waals surface area contributed by atoms with E-state index in [2.05, 4.69) is 38.1 Å². The maximum absolute atomic E-state index is 9.19. The first-order valence-corrected chi connectivity index (χ1v) is 5.45. The van der Waals surface area contributed by atoms with Crippen LogP contribution in [0.5, 0.6) is 0 Å². The molecule has 1 N–H and O–H groups in total. The third kappa shape index (κ3) is 2.85. The Bertz CT molecular complexity index is 243. The van der Waals surface area contributed by atoms with E-state index in [4.69, 9.17) is 0 Å². The van der Waals surface area contributed by atoms with E-state index in [1.54, 1.807) is 0 Å². The van der Waals surface area contributed by atoms with Crippen LogP contribution >= 0.6 is 0 Å². The van der Waals surface area contributed by atoms with Crippen LogP contribution in [0.15, 0.2) is 30.3 Å². The molecule has 1 aromatic carbocycles. The molecule has 78 valence electrons. The van der Waals surface area contributed by atoms with E-state index < -0.39 is 0 Å². The second-order valence-corrected chi connectivity index (χ2v) is 3.97. The fraction of sp³-hybridized carbons (Fsp3) is 0.538. The van der Waals surface area contributed by atoms with Crippen molar-refractivity contribution in [1.29, 1.82) is 0 Å². The van der Waals surface area contributed by atoms with Gasteiger partial charge in [-0.3, -0.25) is 0 Å². The average molecular weight is 192 g/mol. The Morgan fingerprint density at radius 2 is 1.86 bits per heavy atom. The van der Waals surface area contributed by atoms with Gasteiger partial charge in [0.05, 0.1) is 0 Å². The molecule has 1 nitrogen and oxygen atoms in total. The first-order chi connectivity index (χ1) is 6.79. The summed E-state index contributed by atoms with van der Waals surface area (Å²) in [5.41, 5.74) is 1.36. The minimum Gasteiger partial charge on any atom is -0.396 e. The molecule has 1 heteroatoms. The first kappa shape index (κ1) is 11.3. The molecule has 0 saturated carbocycles. The monoisotopic (exact) mass is 192 g/mol. The van der Waals surface area contributed by atoms with E-state index in [1.165, 1.54) is 12.0 Å². The van der Waals surface area contributed by atoms with Gasteiger partial charge in [-0.05, 0) is 23.8 Å². The Labute approximate surface area is 86.8 Å². The maximum atomic E-state index is 9.19. The van der Waals surface area contributed by atoms with Crippen LogP contribution in [0, 0.1) is 5.92 Å². The molecule has 14 heavy (non-hydrogen) atoms. The minimum atomic E-state index is 0.277. The smallest absolute Gasteiger partial charge is 0.0462 e. The quantitative estimate of drug-likeness (QED) is 0.759. The van der Waals surface area contributed by atoms with E-state index in [9.17, 15) is 5.11 Å². The largest absolute Gasteiger partial charge is 0.396 e. The van der Waals surface area contributed by atoms with E-state index in [-0.39, 0.29) is 6.61 Å². The van der Waals surface area contributed by atoms with Crippen LogP contribution in [0.1, 0.15) is 38.2 Å². The summed E-state index contributed by atoms with van der Waals surface area (Å²) in [6, 6.07) is 10.5. The highest BCUT2D eigenvalue weighted by Gasteiger charge is 2.17. The zero-order valence-corrected chi connectivity index (χ0v) is 9.11. The molecule has 0 bridgehead atoms. The van der Waals surface area contributed by atoms with Gasteiger partial charge in [0.15, 0.2) is 0 Å². The van der Waals surface area contributed by atoms with Crippen LogP contribution in [0.25, 0.3) is 0 Å². The lowest BCUT2D eigenvalue weighted by Crippen LogP contribution is -2.13. The summed E-state index contributed by atoms with van der Waals surface area (Å²) in [5.74, 6) is 0.864. The standard InChI is InChI=1S/C13H20O/c1-3-7-13(11(2)10-14)12-8-5-4-6-9-12/h4-6,8-9,11,13-14H,3,7,10H2,1-2H3/t11-,13-/m1/s1. The molecule has 0 spiro atoms. The predicted octanol–water partition coefficient (Wildman–Crippen LogP) is 3.20. The summed E-state index contributed by atoms with van der Waals surface area (Å²) in [4.78, 5) is 0. The van der Waals surface area contributed by atoms with Gasteiger partial charge in [0.1, 0.15) is 0 Å². The lowest BCUT2D eigenvalue weighted by Gasteiger charge is -2.22. The van der Waals surface area contributed by atoms with Gasteiger partial charge in [0, 0.05) is 6.61 Å². The fourth-order valence-electron chi connectivity index (χ4n) is 1.92. The highest BCUT2D eigenvalue weighted by molar-refractivity contribution is 5.20. The van der Waals surface area contributed by atoms with Gasteiger partial charge in [-0.15, -0.1) is 0 Å². The predicted molar refractivity (Wildman–Crippen MR) is 60.3 cm³/mol. The first-order valence-electron chi connectivity index (χ1n) is 5.45. The Balaban J connectivity index is 2.77. The van der Waals surface area contributed by atoms with Crippen molar-refractivity contribution in [2.45, 2.75) is 32.6 Å². The van der Waals surface area contributed by atoms with Gasteiger partial charge in [0.25, 0.3) is 0 Å². The number of rotatable bonds is 5. The Hall–Kier alpha value is -0.820. The number of hydrogen-bond donors (Lipinski definition) is 1. The van der Waals surface area contributed by atoms with E-state index in [1.807, 2.05) is 6.07 Å². The third-order valence-corrected chi connectivity index (χ3v) is 2.80. The normalized spacial score (nSPS) is 15.1. The van der Waals surface area contributed by atoms with Gasteiger partial charge in [0.2, 0.25) is 0 Å². The molecule has 0 amide bonds. The topological polar surface area (TPSA) is 20.2 Å². The second-order valence-electron chi connectivity index (χ2n) is 3.97. The molecule has 0 aliphatic carbocycles. The molecular weight excluding hydrogens is 172 g/mol. The average Bonchev–Trinajstić information content (AvgIpc) is 2.26. The molecule has 0 aliphatic heterocycles. The SMILES string of the molecule is CCC[C@@H](c1ccccc1)[C@H](C)CO. The molecule has 0 heterocycles. The summed E-state index contributed by atoms with van der Waals surface area (Å²) in [6.45, 7) is 4.59. The van der Waals surface area contributed by atoms with Gasteiger partial charge in [-0.2, -0.15) is 0 Å². The molecular formula is C13H20O. The third-order valence-electron chi connectivity index (χ3n) is 2.80. The lowest BCUT2D eigenvalue weighted by atomic mass is 9.84. The van der Waals surface area contributed by atoms with Crippen LogP contribution in [0.2, 0.25) is 0 Å². The van der Waals surface area contributed by atoms with Gasteiger partial charge in [-0.1, -0.05) is 50.6 Å². The minimum absolute atomic E-state index is 0.277. The van der Waals surface area contributed by atoms with Crippen LogP contribution < -0.4 is 0 Å². The molecule has 0 aliphatic rings. The highest BCUT2D eigenvalue weighted by atomic mass is 16.3. The molecule has 0 radical (unpaired) electrons. The van der Waals surface area contributed by atoms with Crippen molar-refractivity contribution >= 4 is 0 Å². The van der Waals surface area contributed by atoms with Crippen LogP contribution in [-0.4, -0.2) is 11.7 Å². The summed E-state index contributed by atoms with van der Waals surface area (Å²) in [7, 11) is 0. The van der Waals surface area contributed by atoms with Crippen molar-refractivity contribution < 1.29 is 5.11 Å². The van der Waals surface area contributed by atoms with Crippen molar-refractivity contribution in [2.24, 2.45) is 5.92 Å². The maximum Gasteiger partial charge on any atom is 0.0462 e. The van der Waals surface area contributed by atoms with E-state index in [0.717, 1.165) is 6.42 Å². The number of benzene rings is 1. The summed E-state index contributed by atoms with van der Waals surface area (Å²) in [5, 5.41) is 9.19. The molecule has 1 rings (SSSR count). The van der Waals surface area contributed by atoms with Crippen molar-refractivity contribution in [1.82, 2.24) is 0 Å². The number of hydrogen-bond acceptors (Lipinski definition) is 1. The summed E-state index contributed by atoms with van der Waals surface area (Å²) in [6.07, 6.45) is 2.33. The molecule has 1 aromatic rings. The molecule has 2 atom stereocenters. The van der Waals surface area contributed by atoms with Gasteiger partial charge in [-0.25, -0.2) is 0 Å². The van der Waals surface area contributed by atoms with E-state index >= 15 is 0 Å². The molecule has 0 fully saturated rings. The Kier molecular flexibility index (Phi) is 4.68. The fourth-order valence-corrected chi connectivity index (χ4v) is 1.92. The zero-order valence-electron chi connectivity index (χ0n) is 9.11. The van der Waals surface area contributed by atoms with Gasteiger partial charge < -0.3 is 5.11 Å². The summed E-state index contributed by atoms with van der Waals surface area (Å²) >= 11 is 0. The Morgan fingerprint density at radius 3 is 2.36 bits per heavy atom. The second kappa shape index (κ2) is 5.82. The van der Waals surface area contributed by atoms with E-state index in [0.29, 0.717) is 11.8 Å². The van der Waals surface area contributed by atoms with Crippen LogP contribution in [0.4, 0.5) is 0 Å². The van der Waals surface area contributed by atoms with Crippen molar-refractivity contribution in [3.05, 3.63) is 35.9 Å². The molecule has 0 unspecified atom stereocenters. The number of aliphatic hydroxyl groups is 1. The number of aliphatic hydroxyl groups excluding tert-OH is 1. The van der Waals surface area contributed by atoms with Crippen molar-refractivity contribution in [3.8, 4) is 0 Å². The van der Waals surface area contributed by atoms with Gasteiger partial charge >= 0.3 is 0 Å². The molecule has 0 aromatic heterocycles. The molecule has 0 saturated heterocycles. The summed E-state index contributed by atoms with van der Waals surface area (Å²) < 4.78 is 0. The van der Waals surface area contributed by atoms with Crippen LogP contribution in [-0.2, 0) is 0 Å². The van der Waals surface area contributed by atoms with Crippen LogP contribution in [0.3, 0.4) is 0 Å². The zero-order chi connectivity index (χ0) is 10.4. The Morgan fingerprint density at radius 1 is 1.21 bits per heavy atom.